The van der Waals surface area contributed by atoms with Gasteiger partial charge in [0.05, 0.1) is 12.1 Å². The van der Waals surface area contributed by atoms with Crippen LogP contribution >= 0.6 is 25.3 Å². The van der Waals surface area contributed by atoms with Gasteiger partial charge in [-0.3, -0.25) is 43.2 Å². The van der Waals surface area contributed by atoms with Crippen molar-refractivity contribution in [1.29, 1.82) is 0 Å². The highest BCUT2D eigenvalue weighted by Crippen LogP contribution is 2.21. The van der Waals surface area contributed by atoms with Gasteiger partial charge >= 0.3 is 5.97 Å². The number of carbonyl (C=O) groups is 10. The van der Waals surface area contributed by atoms with Crippen LogP contribution in [0.5, 0.6) is 5.75 Å². The lowest BCUT2D eigenvalue weighted by atomic mass is 10.0. The molecule has 0 bridgehead atoms. The van der Waals surface area contributed by atoms with Crippen LogP contribution < -0.4 is 54.0 Å². The Kier molecular flexibility index (Phi) is 27.4. The number of hydrogen-bond acceptors (Lipinski definition) is 16. The summed E-state index contributed by atoms with van der Waals surface area (Å²) in [6, 6.07) is 26.2. The number of nitrogens with two attached hydrogens (primary N) is 2. The Labute approximate surface area is 536 Å². The number of aromatic amines is 1. The van der Waals surface area contributed by atoms with Crippen molar-refractivity contribution in [1.82, 2.24) is 52.4 Å². The first-order valence-corrected chi connectivity index (χ1v) is 30.6. The van der Waals surface area contributed by atoms with E-state index in [1.54, 1.807) is 121 Å². The molecule has 6 aromatic rings. The quantitative estimate of drug-likeness (QED) is 0.0149. The molecule has 0 saturated carbocycles. The van der Waals surface area contributed by atoms with Crippen LogP contribution in [0.3, 0.4) is 0 Å². The molecule has 0 unspecified atom stereocenters. The first-order chi connectivity index (χ1) is 43.6. The van der Waals surface area contributed by atoms with Crippen LogP contribution in [0.4, 0.5) is 0 Å². The molecule has 91 heavy (non-hydrogen) atoms. The number of H-pyrrole nitrogens is 1. The predicted molar refractivity (Wildman–Crippen MR) is 346 cm³/mol. The molecule has 484 valence electrons. The monoisotopic (exact) mass is 1290 g/mol. The molecule has 25 nitrogen and oxygen atoms in total. The molecule has 6 rings (SSSR count). The van der Waals surface area contributed by atoms with E-state index in [9.17, 15) is 53.7 Å². The predicted octanol–water partition coefficient (Wildman–Crippen LogP) is 0.534. The number of hydrogen-bond donors (Lipinski definition) is 16. The number of aromatic hydroxyl groups is 1. The van der Waals surface area contributed by atoms with Crippen LogP contribution in [-0.2, 0) is 68.8 Å². The Hall–Kier alpha value is -9.28. The number of phenols is 1. The summed E-state index contributed by atoms with van der Waals surface area (Å²) in [5.41, 5.74) is 15.1. The smallest absolute Gasteiger partial charge is 0.327 e. The van der Waals surface area contributed by atoms with Gasteiger partial charge in [-0.25, -0.2) is 4.79 Å². The van der Waals surface area contributed by atoms with E-state index >= 15 is 9.59 Å². The summed E-state index contributed by atoms with van der Waals surface area (Å²) >= 11 is 8.35. The average Bonchev–Trinajstić information content (AvgIpc) is 3.40. The molecule has 0 fully saturated rings. The number of aliphatic hydroxyl groups excluding tert-OH is 1. The molecule has 10 atom stereocenters. The first-order valence-electron chi connectivity index (χ1n) is 29.3. The second kappa shape index (κ2) is 35.2. The fourth-order valence-corrected chi connectivity index (χ4v) is 10.2. The van der Waals surface area contributed by atoms with Crippen molar-refractivity contribution in [2.75, 3.05) is 25.1 Å². The number of fused-ring (bicyclic) bond motifs is 1. The Morgan fingerprint density at radius 2 is 0.978 bits per heavy atom. The SMILES string of the molecule is C[C@@H](O)[C@H](NC(=O)[C@H](CCCCN)NC(=O)[C@H](Cc1c[nH]c2ccccc12)NC(=O)[C@@H](NC(=O)[C@H](Cc1ccccc1)NC(=O)[C@H](CS)NC(=O)[C@@H](N)Cc1ccc(O)cc1)N(C)C(=O)c1ccccc1)C(=O)N[C@@H](Cc1ccccc1)C(=O)N[C@@H](CS)C(=O)O. The Bertz CT molecular complexity index is 3440. The van der Waals surface area contributed by atoms with Crippen LogP contribution in [0.2, 0.25) is 0 Å². The number of nitrogens with zero attached hydrogens (tertiary/aromatic N) is 1. The number of nitrogens with one attached hydrogen (secondary N) is 9. The van der Waals surface area contributed by atoms with E-state index in [-0.39, 0.29) is 67.9 Å². The molecule has 0 aliphatic heterocycles. The van der Waals surface area contributed by atoms with Crippen molar-refractivity contribution in [3.05, 3.63) is 174 Å². The van der Waals surface area contributed by atoms with Gasteiger partial charge in [0, 0.05) is 60.5 Å². The number of para-hydroxylation sites is 1. The van der Waals surface area contributed by atoms with E-state index in [0.29, 0.717) is 39.6 Å². The molecule has 1 aromatic heterocycles. The standard InChI is InChI=1S/C64H78N12O13S2/c1-37(77)53(61(85)70-48(31-38-16-6-3-7-17-38)57(81)73-52(36-91)64(88)89)74-56(80)47(24-14-15-29-65)68-58(82)50(33-42-34-67-46-23-13-12-22-44(42)46)71-62(86)54(76(2)63(87)41-20-10-5-11-21-41)75-59(83)49(32-39-18-8-4-9-19-39)69-60(84)51(35-90)72-55(79)45(66)30-40-25-27-43(78)28-26-40/h3-13,16-23,25-28,34,37,45,47-54,67,77-78,90-91H,14-15,24,29-33,35-36,65-66H2,1-2H3,(H,68,82)(H,69,84)(H,70,85)(H,71,86)(H,72,79)(H,73,81)(H,74,80)(H,75,83)(H,88,89)/t37-,45+,47+,48+,49+,50+,51+,52+,53+,54+/m1/s1. The molecule has 5 aromatic carbocycles. The fraction of sp³-hybridized carbons (Fsp3) is 0.344. The van der Waals surface area contributed by atoms with Crippen LogP contribution in [0, 0.1) is 0 Å². The van der Waals surface area contributed by atoms with Crippen molar-refractivity contribution in [2.45, 2.75) is 112 Å². The highest BCUT2D eigenvalue weighted by molar-refractivity contribution is 7.80. The van der Waals surface area contributed by atoms with Gasteiger partial charge in [-0.1, -0.05) is 109 Å². The largest absolute Gasteiger partial charge is 0.508 e. The van der Waals surface area contributed by atoms with Gasteiger partial charge in [-0.15, -0.1) is 0 Å². The summed E-state index contributed by atoms with van der Waals surface area (Å²) in [6.07, 6.45) is -1.97. The lowest BCUT2D eigenvalue weighted by molar-refractivity contribution is -0.141. The van der Waals surface area contributed by atoms with E-state index in [1.807, 2.05) is 0 Å². The second-order valence-corrected chi connectivity index (χ2v) is 22.4. The molecule has 0 aliphatic carbocycles. The lowest BCUT2D eigenvalue weighted by Gasteiger charge is -2.32. The first kappa shape index (κ1) is 70.8. The summed E-state index contributed by atoms with van der Waals surface area (Å²) in [5.74, 6) is -10.2. The molecular weight excluding hydrogens is 1210 g/mol. The number of thiol groups is 2. The van der Waals surface area contributed by atoms with Crippen molar-refractivity contribution >= 4 is 95.3 Å². The van der Waals surface area contributed by atoms with Gasteiger partial charge in [0.15, 0.2) is 6.17 Å². The number of carboxylic acid groups (broad SMARTS) is 1. The van der Waals surface area contributed by atoms with Gasteiger partial charge < -0.3 is 79.2 Å². The molecule has 0 saturated heterocycles. The van der Waals surface area contributed by atoms with Gasteiger partial charge in [0.1, 0.15) is 48.0 Å². The van der Waals surface area contributed by atoms with Crippen molar-refractivity contribution < 1.29 is 63.3 Å². The minimum Gasteiger partial charge on any atom is -0.508 e. The molecule has 27 heteroatoms. The fourth-order valence-electron chi connectivity index (χ4n) is 9.71. The van der Waals surface area contributed by atoms with E-state index in [4.69, 9.17) is 11.5 Å². The number of rotatable bonds is 34. The number of aromatic nitrogens is 1. The van der Waals surface area contributed by atoms with Crippen LogP contribution in [0.15, 0.2) is 146 Å². The van der Waals surface area contributed by atoms with Gasteiger partial charge in [-0.05, 0) is 91.7 Å². The number of amides is 9. The maximum atomic E-state index is 15.2. The lowest BCUT2D eigenvalue weighted by Crippen LogP contribution is -2.64. The van der Waals surface area contributed by atoms with Crippen molar-refractivity contribution in [3.63, 3.8) is 0 Å². The third-order valence-corrected chi connectivity index (χ3v) is 15.5. The average molecular weight is 1290 g/mol. The molecular formula is C64H78N12O13S2. The Morgan fingerprint density at radius 3 is 1.54 bits per heavy atom. The maximum Gasteiger partial charge on any atom is 0.327 e. The third kappa shape index (κ3) is 21.2. The Morgan fingerprint density at radius 1 is 0.516 bits per heavy atom. The number of carboxylic acids is 1. The summed E-state index contributed by atoms with van der Waals surface area (Å²) < 4.78 is 0. The molecule has 0 aliphatic rings. The number of likely N-dealkylation sites (N-methyl/N-ethyl adjacent to an activating group) is 1. The topological polar surface area (TPSA) is 399 Å². The van der Waals surface area contributed by atoms with E-state index < -0.39 is 120 Å². The maximum absolute atomic E-state index is 15.2. The number of benzene rings is 5. The van der Waals surface area contributed by atoms with Crippen molar-refractivity contribution in [3.8, 4) is 5.75 Å². The number of aliphatic hydroxyl groups is 1. The number of unbranched alkanes of at least 4 members (excludes halogenated alkanes) is 1. The number of aliphatic carboxylic acids is 1. The minimum absolute atomic E-state index is 0.0128. The van der Waals surface area contributed by atoms with Gasteiger partial charge in [0.2, 0.25) is 41.4 Å². The zero-order chi connectivity index (χ0) is 66.1. The molecule has 0 radical (unpaired) electrons. The van der Waals surface area contributed by atoms with Crippen LogP contribution in [0.1, 0.15) is 58.8 Å². The minimum atomic E-state index is -1.94. The highest BCUT2D eigenvalue weighted by Gasteiger charge is 2.38. The number of carbonyl (C=O) groups excluding carboxylic acids is 9. The van der Waals surface area contributed by atoms with Gasteiger partial charge in [0.25, 0.3) is 11.8 Å². The second-order valence-electron chi connectivity index (χ2n) is 21.7. The summed E-state index contributed by atoms with van der Waals surface area (Å²) in [6.45, 7) is 1.39. The van der Waals surface area contributed by atoms with E-state index in [0.717, 1.165) is 4.90 Å². The summed E-state index contributed by atoms with van der Waals surface area (Å²) in [7, 11) is 1.24. The van der Waals surface area contributed by atoms with Crippen molar-refractivity contribution in [2.24, 2.45) is 11.5 Å². The molecule has 0 spiro atoms. The molecule has 9 amide bonds. The van der Waals surface area contributed by atoms with Crippen LogP contribution in [0.25, 0.3) is 10.9 Å². The zero-order valence-electron chi connectivity index (χ0n) is 50.1. The third-order valence-electron chi connectivity index (χ3n) is 14.8. The Balaban J connectivity index is 1.31. The highest BCUT2D eigenvalue weighted by atomic mass is 32.1. The zero-order valence-corrected chi connectivity index (χ0v) is 51.9. The normalized spacial score (nSPS) is 14.4. The van der Waals surface area contributed by atoms with Crippen LogP contribution in [-0.4, -0.2) is 170 Å². The molecule has 16 N–H and O–H groups in total. The van der Waals surface area contributed by atoms with E-state index in [2.05, 4.69) is 72.8 Å². The summed E-state index contributed by atoms with van der Waals surface area (Å²) in [5, 5.41) is 51.8. The number of phenolic OH excluding ortho intramolecular Hbond substituents is 1. The summed E-state index contributed by atoms with van der Waals surface area (Å²) in [4.78, 5) is 145. The van der Waals surface area contributed by atoms with Gasteiger partial charge in [-0.2, -0.15) is 25.3 Å². The molecule has 1 heterocycles. The van der Waals surface area contributed by atoms with E-state index in [1.165, 1.54) is 38.2 Å².